The average Bonchev–Trinajstić information content (AvgIpc) is 2.94. The summed E-state index contributed by atoms with van der Waals surface area (Å²) in [7, 11) is 0. The molecule has 110 valence electrons. The van der Waals surface area contributed by atoms with E-state index in [1.165, 1.54) is 0 Å². The molecule has 3 unspecified atom stereocenters. The van der Waals surface area contributed by atoms with Crippen LogP contribution in [0.2, 0.25) is 0 Å². The summed E-state index contributed by atoms with van der Waals surface area (Å²) >= 11 is 0. The Hall–Kier alpha value is -1.63. The lowest BCUT2D eigenvalue weighted by molar-refractivity contribution is -0.146. The molecule has 3 atom stereocenters. The van der Waals surface area contributed by atoms with Crippen LogP contribution in [0.5, 0.6) is 0 Å². The number of nitrogens with one attached hydrogen (secondary N) is 2. The van der Waals surface area contributed by atoms with Gasteiger partial charge in [0.15, 0.2) is 0 Å². The zero-order valence-corrected chi connectivity index (χ0v) is 11.5. The van der Waals surface area contributed by atoms with Gasteiger partial charge in [-0.2, -0.15) is 0 Å². The lowest BCUT2D eigenvalue weighted by atomic mass is 9.88. The number of rotatable bonds is 1. The van der Waals surface area contributed by atoms with E-state index < -0.39 is 17.7 Å². The Kier molecular flexibility index (Phi) is 3.16. The fraction of sp³-hybridized carbons (Fsp3) is 0.769. The molecule has 0 aromatic rings. The Morgan fingerprint density at radius 2 is 2.25 bits per heavy atom. The second kappa shape index (κ2) is 4.73. The zero-order chi connectivity index (χ0) is 14.3. The number of urea groups is 1. The third-order valence-corrected chi connectivity index (χ3v) is 4.45. The number of imide groups is 1. The highest BCUT2D eigenvalue weighted by molar-refractivity contribution is 6.07. The smallest absolute Gasteiger partial charge is 0.322 e. The molecule has 0 bridgehead atoms. The minimum absolute atomic E-state index is 0.0666. The summed E-state index contributed by atoms with van der Waals surface area (Å²) in [6, 6.07) is -0.477. The summed E-state index contributed by atoms with van der Waals surface area (Å²) in [6.07, 6.45) is 1.73. The lowest BCUT2D eigenvalue weighted by Crippen LogP contribution is -2.61. The molecule has 0 aromatic carbocycles. The largest absolute Gasteiger partial charge is 0.368 e. The first-order valence-corrected chi connectivity index (χ1v) is 7.06. The first-order valence-electron chi connectivity index (χ1n) is 7.06. The molecule has 0 aliphatic carbocycles. The standard InChI is InChI=1S/C13H19N3O4/c1-8-3-6-20-9(8)10(17)16-5-2-4-13(7-16)11(18)14-12(19)15-13/h8-9H,2-7H2,1H3,(H2,14,15,18,19). The summed E-state index contributed by atoms with van der Waals surface area (Å²) in [4.78, 5) is 37.4. The minimum Gasteiger partial charge on any atom is -0.368 e. The van der Waals surface area contributed by atoms with Gasteiger partial charge in [-0.3, -0.25) is 14.9 Å². The molecule has 7 heteroatoms. The van der Waals surface area contributed by atoms with E-state index in [2.05, 4.69) is 10.6 Å². The van der Waals surface area contributed by atoms with Gasteiger partial charge in [-0.15, -0.1) is 0 Å². The Morgan fingerprint density at radius 3 is 2.85 bits per heavy atom. The summed E-state index contributed by atoms with van der Waals surface area (Å²) in [5, 5.41) is 4.93. The van der Waals surface area contributed by atoms with Crippen molar-refractivity contribution < 1.29 is 19.1 Å². The molecule has 2 N–H and O–H groups in total. The maximum atomic E-state index is 12.5. The maximum absolute atomic E-state index is 12.5. The molecular weight excluding hydrogens is 262 g/mol. The third-order valence-electron chi connectivity index (χ3n) is 4.45. The van der Waals surface area contributed by atoms with Crippen LogP contribution in [0.25, 0.3) is 0 Å². The van der Waals surface area contributed by atoms with E-state index in [0.717, 1.165) is 6.42 Å². The first kappa shape index (κ1) is 13.4. The molecule has 3 fully saturated rings. The van der Waals surface area contributed by atoms with Crippen LogP contribution in [0, 0.1) is 5.92 Å². The van der Waals surface area contributed by atoms with Crippen LogP contribution in [0.3, 0.4) is 0 Å². The Labute approximate surface area is 117 Å². The van der Waals surface area contributed by atoms with Crippen LogP contribution in [0.4, 0.5) is 4.79 Å². The van der Waals surface area contributed by atoms with Gasteiger partial charge < -0.3 is 15.0 Å². The predicted octanol–water partition coefficient (Wildman–Crippen LogP) is -0.388. The van der Waals surface area contributed by atoms with Crippen LogP contribution in [-0.4, -0.2) is 54.1 Å². The van der Waals surface area contributed by atoms with E-state index in [4.69, 9.17) is 4.74 Å². The van der Waals surface area contributed by atoms with Gasteiger partial charge in [0.2, 0.25) is 0 Å². The number of hydrogen-bond acceptors (Lipinski definition) is 4. The molecule has 4 amide bonds. The van der Waals surface area contributed by atoms with E-state index in [1.54, 1.807) is 4.90 Å². The summed E-state index contributed by atoms with van der Waals surface area (Å²) in [5.74, 6) is -0.198. The van der Waals surface area contributed by atoms with Gasteiger partial charge in [0.25, 0.3) is 11.8 Å². The second-order valence-electron chi connectivity index (χ2n) is 5.91. The third kappa shape index (κ3) is 2.06. The van der Waals surface area contributed by atoms with Crippen LogP contribution < -0.4 is 10.6 Å². The highest BCUT2D eigenvalue weighted by Crippen LogP contribution is 2.28. The van der Waals surface area contributed by atoms with Crippen molar-refractivity contribution in [2.24, 2.45) is 5.92 Å². The van der Waals surface area contributed by atoms with E-state index in [1.807, 2.05) is 6.92 Å². The van der Waals surface area contributed by atoms with Gasteiger partial charge in [-0.1, -0.05) is 6.92 Å². The van der Waals surface area contributed by atoms with Crippen molar-refractivity contribution in [1.82, 2.24) is 15.5 Å². The fourth-order valence-corrected chi connectivity index (χ4v) is 3.25. The van der Waals surface area contributed by atoms with Gasteiger partial charge >= 0.3 is 6.03 Å². The molecule has 3 aliphatic heterocycles. The molecule has 1 spiro atoms. The molecule has 3 rings (SSSR count). The van der Waals surface area contributed by atoms with Crippen molar-refractivity contribution >= 4 is 17.8 Å². The maximum Gasteiger partial charge on any atom is 0.322 e. The number of carbonyl (C=O) groups excluding carboxylic acids is 3. The van der Waals surface area contributed by atoms with E-state index in [0.29, 0.717) is 26.0 Å². The van der Waals surface area contributed by atoms with Gasteiger partial charge in [0.05, 0.1) is 6.54 Å². The summed E-state index contributed by atoms with van der Waals surface area (Å²) < 4.78 is 5.50. The van der Waals surface area contributed by atoms with Gasteiger partial charge in [0, 0.05) is 13.2 Å². The number of likely N-dealkylation sites (tertiary alicyclic amines) is 1. The highest BCUT2D eigenvalue weighted by atomic mass is 16.5. The number of piperidine rings is 1. The van der Waals surface area contributed by atoms with Crippen LogP contribution in [0.1, 0.15) is 26.2 Å². The van der Waals surface area contributed by atoms with E-state index >= 15 is 0 Å². The molecule has 3 aliphatic rings. The summed E-state index contributed by atoms with van der Waals surface area (Å²) in [6.45, 7) is 3.44. The van der Waals surface area contributed by atoms with E-state index in [9.17, 15) is 14.4 Å². The van der Waals surface area contributed by atoms with Crippen molar-refractivity contribution in [3.8, 4) is 0 Å². The fourth-order valence-electron chi connectivity index (χ4n) is 3.25. The van der Waals surface area contributed by atoms with Crippen molar-refractivity contribution in [3.63, 3.8) is 0 Å². The molecule has 0 saturated carbocycles. The number of nitrogens with zero attached hydrogens (tertiary/aromatic N) is 1. The Bertz CT molecular complexity index is 467. The van der Waals surface area contributed by atoms with Crippen molar-refractivity contribution in [2.45, 2.75) is 37.8 Å². The minimum atomic E-state index is -0.952. The first-order chi connectivity index (χ1) is 9.52. The molecule has 0 aromatic heterocycles. The SMILES string of the molecule is CC1CCOC1C(=O)N1CCCC2(C1)NC(=O)NC2=O. The number of amides is 4. The lowest BCUT2D eigenvalue weighted by Gasteiger charge is -2.39. The van der Waals surface area contributed by atoms with Crippen LogP contribution in [-0.2, 0) is 14.3 Å². The number of hydrogen-bond donors (Lipinski definition) is 2. The Morgan fingerprint density at radius 1 is 1.45 bits per heavy atom. The molecule has 0 radical (unpaired) electrons. The number of carbonyl (C=O) groups is 3. The predicted molar refractivity (Wildman–Crippen MR) is 68.7 cm³/mol. The molecule has 7 nitrogen and oxygen atoms in total. The number of ether oxygens (including phenoxy) is 1. The highest BCUT2D eigenvalue weighted by Gasteiger charge is 2.50. The topological polar surface area (TPSA) is 87.7 Å². The summed E-state index contributed by atoms with van der Waals surface area (Å²) in [5.41, 5.74) is -0.952. The molecule has 3 saturated heterocycles. The van der Waals surface area contributed by atoms with Crippen LogP contribution in [0.15, 0.2) is 0 Å². The van der Waals surface area contributed by atoms with Crippen molar-refractivity contribution in [2.75, 3.05) is 19.7 Å². The van der Waals surface area contributed by atoms with Crippen molar-refractivity contribution in [3.05, 3.63) is 0 Å². The van der Waals surface area contributed by atoms with E-state index in [-0.39, 0.29) is 24.3 Å². The molecular formula is C13H19N3O4. The van der Waals surface area contributed by atoms with Gasteiger partial charge in [0.1, 0.15) is 11.6 Å². The van der Waals surface area contributed by atoms with Gasteiger partial charge in [-0.25, -0.2) is 4.79 Å². The quantitative estimate of drug-likeness (QED) is 0.641. The van der Waals surface area contributed by atoms with Gasteiger partial charge in [-0.05, 0) is 25.2 Å². The van der Waals surface area contributed by atoms with Crippen LogP contribution >= 0.6 is 0 Å². The molecule has 3 heterocycles. The monoisotopic (exact) mass is 281 g/mol. The average molecular weight is 281 g/mol. The second-order valence-corrected chi connectivity index (χ2v) is 5.91. The normalized spacial score (nSPS) is 37.1. The molecule has 20 heavy (non-hydrogen) atoms. The van der Waals surface area contributed by atoms with Crippen molar-refractivity contribution in [1.29, 1.82) is 0 Å². The Balaban J connectivity index is 1.74. The zero-order valence-electron chi connectivity index (χ0n) is 11.5.